The van der Waals surface area contributed by atoms with Gasteiger partial charge in [0.2, 0.25) is 5.91 Å². The number of nitrogens with one attached hydrogen (secondary N) is 2. The van der Waals surface area contributed by atoms with Gasteiger partial charge in [0.15, 0.2) is 4.34 Å². The summed E-state index contributed by atoms with van der Waals surface area (Å²) in [6.07, 6.45) is 4.47. The first kappa shape index (κ1) is 16.2. The summed E-state index contributed by atoms with van der Waals surface area (Å²) in [5.74, 6) is 0.328. The Labute approximate surface area is 132 Å². The molecule has 2 atom stereocenters. The number of aromatic nitrogens is 2. The summed E-state index contributed by atoms with van der Waals surface area (Å²) < 4.78 is 0.740. The fourth-order valence-electron chi connectivity index (χ4n) is 2.36. The molecule has 1 heterocycles. The Morgan fingerprint density at radius 3 is 2.76 bits per heavy atom. The van der Waals surface area contributed by atoms with Gasteiger partial charge in [-0.3, -0.25) is 10.1 Å². The molecule has 21 heavy (non-hydrogen) atoms. The Hall–Kier alpha value is -1.15. The summed E-state index contributed by atoms with van der Waals surface area (Å²) in [6, 6.07) is -0.224. The zero-order valence-electron chi connectivity index (χ0n) is 12.2. The summed E-state index contributed by atoms with van der Waals surface area (Å²) in [5, 5.41) is 13.9. The fourth-order valence-corrected chi connectivity index (χ4v) is 3.98. The second-order valence-corrected chi connectivity index (χ2v) is 7.67. The van der Waals surface area contributed by atoms with E-state index in [-0.39, 0.29) is 17.7 Å². The highest BCUT2D eigenvalue weighted by atomic mass is 32.2. The number of thioether (sulfide) groups is 1. The summed E-state index contributed by atoms with van der Waals surface area (Å²) in [5.41, 5.74) is 0. The number of aryl methyl sites for hydroxylation is 1. The van der Waals surface area contributed by atoms with E-state index >= 15 is 0 Å². The lowest BCUT2D eigenvalue weighted by atomic mass is 9.86. The Morgan fingerprint density at radius 2 is 2.10 bits per heavy atom. The van der Waals surface area contributed by atoms with Gasteiger partial charge in [0, 0.05) is 6.04 Å². The molecule has 116 valence electrons. The molecule has 1 aromatic heterocycles. The van der Waals surface area contributed by atoms with E-state index in [1.165, 1.54) is 29.5 Å². The van der Waals surface area contributed by atoms with Crippen LogP contribution in [-0.2, 0) is 4.79 Å². The average Bonchev–Trinajstić information content (AvgIpc) is 2.85. The molecular formula is C13H20N4O2S2. The molecule has 0 spiro atoms. The topological polar surface area (TPSA) is 84.0 Å². The van der Waals surface area contributed by atoms with Gasteiger partial charge in [-0.1, -0.05) is 42.9 Å². The van der Waals surface area contributed by atoms with Crippen molar-refractivity contribution in [3.05, 3.63) is 5.01 Å². The molecule has 1 fully saturated rings. The first-order valence-electron chi connectivity index (χ1n) is 7.08. The normalized spacial score (nSPS) is 21.8. The Kier molecular flexibility index (Phi) is 5.98. The van der Waals surface area contributed by atoms with Crippen LogP contribution >= 0.6 is 23.1 Å². The van der Waals surface area contributed by atoms with Crippen LogP contribution < -0.4 is 10.6 Å². The van der Waals surface area contributed by atoms with Gasteiger partial charge in [-0.2, -0.15) is 0 Å². The van der Waals surface area contributed by atoms with Gasteiger partial charge in [-0.05, 0) is 25.7 Å². The third kappa shape index (κ3) is 5.28. The molecule has 2 rings (SSSR count). The van der Waals surface area contributed by atoms with Crippen molar-refractivity contribution in [3.8, 4) is 0 Å². The van der Waals surface area contributed by atoms with Gasteiger partial charge >= 0.3 is 6.03 Å². The van der Waals surface area contributed by atoms with Crippen LogP contribution in [0.15, 0.2) is 4.34 Å². The molecule has 8 heteroatoms. The van der Waals surface area contributed by atoms with E-state index in [4.69, 9.17) is 0 Å². The number of nitrogens with zero attached hydrogens (tertiary/aromatic N) is 2. The van der Waals surface area contributed by atoms with Gasteiger partial charge in [-0.25, -0.2) is 4.79 Å². The molecule has 0 saturated heterocycles. The van der Waals surface area contributed by atoms with Crippen molar-refractivity contribution < 1.29 is 9.59 Å². The Balaban J connectivity index is 1.70. The van der Waals surface area contributed by atoms with E-state index in [0.717, 1.165) is 28.6 Å². The molecule has 3 amide bonds. The van der Waals surface area contributed by atoms with Crippen molar-refractivity contribution in [2.24, 2.45) is 5.92 Å². The molecule has 0 unspecified atom stereocenters. The molecule has 0 aliphatic heterocycles. The van der Waals surface area contributed by atoms with E-state index in [2.05, 4.69) is 27.8 Å². The standard InChI is InChI=1S/C13H20N4O2S2/c1-8-5-3-4-6-10(8)14-12(19)15-11(18)7-20-13-17-16-9(2)21-13/h8,10H,3-7H2,1-2H3,(H2,14,15,18,19)/t8-,10+/m0/s1. The minimum atomic E-state index is -0.396. The maximum Gasteiger partial charge on any atom is 0.321 e. The van der Waals surface area contributed by atoms with Crippen molar-refractivity contribution >= 4 is 35.0 Å². The van der Waals surface area contributed by atoms with Crippen LogP contribution in [-0.4, -0.2) is 33.9 Å². The summed E-state index contributed by atoms with van der Waals surface area (Å²) >= 11 is 2.73. The van der Waals surface area contributed by atoms with Gasteiger partial charge in [0.05, 0.1) is 5.75 Å². The van der Waals surface area contributed by atoms with Crippen LogP contribution in [0.4, 0.5) is 4.79 Å². The van der Waals surface area contributed by atoms with Crippen LogP contribution in [0, 0.1) is 12.8 Å². The van der Waals surface area contributed by atoms with Crippen LogP contribution in [0.1, 0.15) is 37.6 Å². The first-order chi connectivity index (χ1) is 10.0. The quantitative estimate of drug-likeness (QED) is 0.829. The molecule has 1 aromatic rings. The zero-order valence-corrected chi connectivity index (χ0v) is 13.9. The van der Waals surface area contributed by atoms with E-state index in [9.17, 15) is 9.59 Å². The zero-order chi connectivity index (χ0) is 15.2. The van der Waals surface area contributed by atoms with Gasteiger partial charge < -0.3 is 5.32 Å². The van der Waals surface area contributed by atoms with Gasteiger partial charge in [-0.15, -0.1) is 10.2 Å². The molecule has 1 saturated carbocycles. The van der Waals surface area contributed by atoms with Crippen molar-refractivity contribution in [3.63, 3.8) is 0 Å². The number of carbonyl (C=O) groups is 2. The summed E-state index contributed by atoms with van der Waals surface area (Å²) in [7, 11) is 0. The summed E-state index contributed by atoms with van der Waals surface area (Å²) in [4.78, 5) is 23.5. The molecule has 1 aliphatic rings. The van der Waals surface area contributed by atoms with Crippen molar-refractivity contribution in [1.29, 1.82) is 0 Å². The molecule has 0 radical (unpaired) electrons. The minimum absolute atomic E-state index is 0.169. The second-order valence-electron chi connectivity index (χ2n) is 5.27. The van der Waals surface area contributed by atoms with Crippen LogP contribution in [0.5, 0.6) is 0 Å². The monoisotopic (exact) mass is 328 g/mol. The van der Waals surface area contributed by atoms with Gasteiger partial charge in [0.25, 0.3) is 0 Å². The Morgan fingerprint density at radius 1 is 1.33 bits per heavy atom. The highest BCUT2D eigenvalue weighted by molar-refractivity contribution is 8.01. The number of imide groups is 1. The Bertz CT molecular complexity index is 506. The smallest absolute Gasteiger partial charge is 0.321 e. The highest BCUT2D eigenvalue weighted by Gasteiger charge is 2.23. The van der Waals surface area contributed by atoms with E-state index in [1.54, 1.807) is 0 Å². The van der Waals surface area contributed by atoms with Gasteiger partial charge in [0.1, 0.15) is 5.01 Å². The predicted octanol–water partition coefficient (Wildman–Crippen LogP) is 2.34. The minimum Gasteiger partial charge on any atom is -0.335 e. The van der Waals surface area contributed by atoms with E-state index in [1.807, 2.05) is 6.92 Å². The number of hydrogen-bond donors (Lipinski definition) is 2. The number of amides is 3. The van der Waals surface area contributed by atoms with E-state index < -0.39 is 6.03 Å². The average molecular weight is 328 g/mol. The van der Waals surface area contributed by atoms with Crippen LogP contribution in [0.2, 0.25) is 0 Å². The summed E-state index contributed by atoms with van der Waals surface area (Å²) in [6.45, 7) is 4.00. The van der Waals surface area contributed by atoms with Crippen LogP contribution in [0.25, 0.3) is 0 Å². The maximum absolute atomic E-state index is 11.8. The van der Waals surface area contributed by atoms with Crippen molar-refractivity contribution in [2.45, 2.75) is 49.9 Å². The second kappa shape index (κ2) is 7.74. The van der Waals surface area contributed by atoms with Crippen molar-refractivity contribution in [1.82, 2.24) is 20.8 Å². The fraction of sp³-hybridized carbons (Fsp3) is 0.692. The predicted molar refractivity (Wildman–Crippen MR) is 83.5 cm³/mol. The van der Waals surface area contributed by atoms with Crippen LogP contribution in [0.3, 0.4) is 0 Å². The number of hydrogen-bond acceptors (Lipinski definition) is 6. The molecule has 6 nitrogen and oxygen atoms in total. The molecular weight excluding hydrogens is 308 g/mol. The highest BCUT2D eigenvalue weighted by Crippen LogP contribution is 2.23. The third-order valence-electron chi connectivity index (χ3n) is 3.52. The SMILES string of the molecule is Cc1nnc(SCC(=O)NC(=O)N[C@@H]2CCCC[C@@H]2C)s1. The number of urea groups is 1. The number of rotatable bonds is 4. The molecule has 0 aromatic carbocycles. The third-order valence-corrected chi connectivity index (χ3v) is 5.49. The van der Waals surface area contributed by atoms with Crippen molar-refractivity contribution in [2.75, 3.05) is 5.75 Å². The maximum atomic E-state index is 11.8. The molecule has 1 aliphatic carbocycles. The lowest BCUT2D eigenvalue weighted by Crippen LogP contribution is -2.48. The lowest BCUT2D eigenvalue weighted by molar-refractivity contribution is -0.117. The largest absolute Gasteiger partial charge is 0.335 e. The molecule has 0 bridgehead atoms. The number of carbonyl (C=O) groups excluding carboxylic acids is 2. The lowest BCUT2D eigenvalue weighted by Gasteiger charge is -2.29. The first-order valence-corrected chi connectivity index (χ1v) is 8.88. The molecule has 2 N–H and O–H groups in total. The van der Waals surface area contributed by atoms with E-state index in [0.29, 0.717) is 5.92 Å².